The Hall–Kier alpha value is -2.51. The molecule has 0 saturated heterocycles. The number of benzene rings is 2. The van der Waals surface area contributed by atoms with E-state index in [1.54, 1.807) is 24.3 Å². The van der Waals surface area contributed by atoms with Crippen LogP contribution in [0.1, 0.15) is 31.3 Å². The molecule has 1 atom stereocenters. The minimum atomic E-state index is -0.0543. The van der Waals surface area contributed by atoms with Crippen LogP contribution in [0.2, 0.25) is 5.02 Å². The summed E-state index contributed by atoms with van der Waals surface area (Å²) in [4.78, 5) is 16.8. The number of nitrogens with one attached hydrogen (secondary N) is 2. The Kier molecular flexibility index (Phi) is 7.55. The summed E-state index contributed by atoms with van der Waals surface area (Å²) >= 11 is 7.14. The lowest BCUT2D eigenvalue weighted by Crippen LogP contribution is -2.32. The van der Waals surface area contributed by atoms with E-state index in [1.165, 1.54) is 11.8 Å². The van der Waals surface area contributed by atoms with Crippen LogP contribution >= 0.6 is 23.4 Å². The summed E-state index contributed by atoms with van der Waals surface area (Å²) in [5, 5.41) is 11.2. The zero-order chi connectivity index (χ0) is 20.6. The van der Waals surface area contributed by atoms with Crippen molar-refractivity contribution in [2.24, 2.45) is 5.92 Å². The average molecular weight is 431 g/mol. The molecule has 0 unspecified atom stereocenters. The highest BCUT2D eigenvalue weighted by atomic mass is 35.5. The fraction of sp³-hybridized carbons (Fsp3) is 0.286. The molecule has 1 aromatic heterocycles. The molecule has 29 heavy (non-hydrogen) atoms. The molecule has 0 aliphatic heterocycles. The van der Waals surface area contributed by atoms with Gasteiger partial charge in [0.2, 0.25) is 11.1 Å². The molecule has 0 saturated carbocycles. The van der Waals surface area contributed by atoms with Crippen molar-refractivity contribution in [2.75, 3.05) is 5.75 Å². The third kappa shape index (κ3) is 6.51. The van der Waals surface area contributed by atoms with Crippen LogP contribution in [0.25, 0.3) is 0 Å². The Labute approximate surface area is 179 Å². The van der Waals surface area contributed by atoms with Crippen LogP contribution in [0.5, 0.6) is 5.75 Å². The van der Waals surface area contributed by atoms with Crippen molar-refractivity contribution in [3.63, 3.8) is 0 Å². The minimum absolute atomic E-state index is 0.0280. The maximum absolute atomic E-state index is 12.4. The number of thioether (sulfide) groups is 1. The highest BCUT2D eigenvalue weighted by Crippen LogP contribution is 2.22. The summed E-state index contributed by atoms with van der Waals surface area (Å²) in [5.41, 5.74) is 1.10. The number of carbonyl (C=O) groups excluding carboxylic acids is 1. The highest BCUT2D eigenvalue weighted by Gasteiger charge is 2.18. The summed E-state index contributed by atoms with van der Waals surface area (Å²) in [5.74, 6) is 1.76. The fourth-order valence-electron chi connectivity index (χ4n) is 2.73. The van der Waals surface area contributed by atoms with E-state index in [9.17, 15) is 4.79 Å². The van der Waals surface area contributed by atoms with Crippen LogP contribution in [0.3, 0.4) is 0 Å². The lowest BCUT2D eigenvalue weighted by atomic mass is 9.96. The maximum atomic E-state index is 12.4. The second kappa shape index (κ2) is 10.3. The number of hydrogen-bond donors (Lipinski definition) is 2. The molecule has 8 heteroatoms. The molecule has 3 rings (SSSR count). The number of hydrogen-bond acceptors (Lipinski definition) is 5. The number of amides is 1. The van der Waals surface area contributed by atoms with E-state index in [0.29, 0.717) is 21.8 Å². The second-order valence-corrected chi connectivity index (χ2v) is 8.17. The van der Waals surface area contributed by atoms with E-state index < -0.39 is 0 Å². The molecule has 0 spiro atoms. The molecule has 0 radical (unpaired) electrons. The number of rotatable bonds is 9. The first-order valence-electron chi connectivity index (χ1n) is 9.28. The van der Waals surface area contributed by atoms with Gasteiger partial charge >= 0.3 is 0 Å². The van der Waals surface area contributed by atoms with Crippen molar-refractivity contribution in [2.45, 2.75) is 31.7 Å². The minimum Gasteiger partial charge on any atom is -0.486 e. The predicted octanol–water partition coefficient (Wildman–Crippen LogP) is 4.64. The van der Waals surface area contributed by atoms with Crippen molar-refractivity contribution in [3.8, 4) is 5.75 Å². The summed E-state index contributed by atoms with van der Waals surface area (Å²) < 4.78 is 5.63. The van der Waals surface area contributed by atoms with Crippen molar-refractivity contribution in [1.82, 2.24) is 20.5 Å². The SMILES string of the molecule is CC(C)[C@H](NC(=O)CSc1n[nH]c(COc2ccc(Cl)cc2)n1)c1ccccc1. The molecule has 1 heterocycles. The van der Waals surface area contributed by atoms with Gasteiger partial charge in [0.1, 0.15) is 12.4 Å². The Morgan fingerprint density at radius 1 is 1.17 bits per heavy atom. The van der Waals surface area contributed by atoms with Gasteiger partial charge < -0.3 is 10.1 Å². The van der Waals surface area contributed by atoms with Crippen LogP contribution in [-0.2, 0) is 11.4 Å². The first-order chi connectivity index (χ1) is 14.0. The number of aromatic nitrogens is 3. The molecule has 1 amide bonds. The highest BCUT2D eigenvalue weighted by molar-refractivity contribution is 7.99. The Morgan fingerprint density at radius 2 is 1.90 bits per heavy atom. The van der Waals surface area contributed by atoms with Gasteiger partial charge in [-0.1, -0.05) is 67.5 Å². The van der Waals surface area contributed by atoms with Crippen molar-refractivity contribution in [3.05, 3.63) is 71.0 Å². The summed E-state index contributed by atoms with van der Waals surface area (Å²) in [7, 11) is 0. The second-order valence-electron chi connectivity index (χ2n) is 6.80. The monoisotopic (exact) mass is 430 g/mol. The van der Waals surface area contributed by atoms with Crippen molar-refractivity contribution >= 4 is 29.3 Å². The largest absolute Gasteiger partial charge is 0.486 e. The molecule has 2 aromatic carbocycles. The standard InChI is InChI=1S/C21H23ClN4O2S/c1-14(2)20(15-6-4-3-5-7-15)24-19(27)13-29-21-23-18(25-26-21)12-28-17-10-8-16(22)9-11-17/h3-11,14,20H,12-13H2,1-2H3,(H,24,27)(H,23,25,26)/t20-/m0/s1. The normalized spacial score (nSPS) is 12.0. The number of H-pyrrole nitrogens is 1. The third-order valence-electron chi connectivity index (χ3n) is 4.17. The number of nitrogens with zero attached hydrogens (tertiary/aromatic N) is 2. The van der Waals surface area contributed by atoms with Crippen LogP contribution in [0, 0.1) is 5.92 Å². The Balaban J connectivity index is 1.48. The molecule has 6 nitrogen and oxygen atoms in total. The third-order valence-corrected chi connectivity index (χ3v) is 5.27. The Morgan fingerprint density at radius 3 is 2.59 bits per heavy atom. The molecular formula is C21H23ClN4O2S. The average Bonchev–Trinajstić information content (AvgIpc) is 3.18. The van der Waals surface area contributed by atoms with Crippen LogP contribution < -0.4 is 10.1 Å². The van der Waals surface area contributed by atoms with E-state index in [4.69, 9.17) is 16.3 Å². The molecule has 152 valence electrons. The van der Waals surface area contributed by atoms with Gasteiger partial charge in [-0.15, -0.1) is 5.10 Å². The Bertz CT molecular complexity index is 916. The topological polar surface area (TPSA) is 79.9 Å². The van der Waals surface area contributed by atoms with E-state index in [2.05, 4.69) is 34.3 Å². The number of ether oxygens (including phenoxy) is 1. The van der Waals surface area contributed by atoms with Gasteiger partial charge in [0.15, 0.2) is 5.82 Å². The van der Waals surface area contributed by atoms with E-state index >= 15 is 0 Å². The lowest BCUT2D eigenvalue weighted by molar-refractivity contribution is -0.119. The van der Waals surface area contributed by atoms with E-state index in [-0.39, 0.29) is 30.2 Å². The van der Waals surface area contributed by atoms with Crippen molar-refractivity contribution < 1.29 is 9.53 Å². The molecule has 0 aliphatic rings. The molecule has 2 N–H and O–H groups in total. The van der Waals surface area contributed by atoms with Gasteiger partial charge in [-0.2, -0.15) is 0 Å². The van der Waals surface area contributed by atoms with Gasteiger partial charge in [0, 0.05) is 5.02 Å². The molecule has 3 aromatic rings. The zero-order valence-corrected chi connectivity index (χ0v) is 17.8. The van der Waals surface area contributed by atoms with Gasteiger partial charge in [-0.3, -0.25) is 9.89 Å². The van der Waals surface area contributed by atoms with Crippen molar-refractivity contribution in [1.29, 1.82) is 0 Å². The summed E-state index contributed by atoms with van der Waals surface area (Å²) in [6, 6.07) is 17.1. The first-order valence-corrected chi connectivity index (χ1v) is 10.6. The summed E-state index contributed by atoms with van der Waals surface area (Å²) in [6.07, 6.45) is 0. The van der Waals surface area contributed by atoms with Crippen LogP contribution in [-0.4, -0.2) is 26.8 Å². The molecule has 0 bridgehead atoms. The van der Waals surface area contributed by atoms with Gasteiger partial charge in [0.05, 0.1) is 11.8 Å². The fourth-order valence-corrected chi connectivity index (χ4v) is 3.48. The first kappa shape index (κ1) is 21.2. The smallest absolute Gasteiger partial charge is 0.230 e. The quantitative estimate of drug-likeness (QED) is 0.483. The number of carbonyl (C=O) groups is 1. The molecular weight excluding hydrogens is 408 g/mol. The summed E-state index contributed by atoms with van der Waals surface area (Å²) in [6.45, 7) is 4.44. The molecule has 0 aliphatic carbocycles. The number of halogens is 1. The predicted molar refractivity (Wildman–Crippen MR) is 115 cm³/mol. The van der Waals surface area contributed by atoms with Crippen LogP contribution in [0.15, 0.2) is 59.8 Å². The number of aromatic amines is 1. The van der Waals surface area contributed by atoms with Gasteiger partial charge in [-0.25, -0.2) is 4.98 Å². The van der Waals surface area contributed by atoms with Gasteiger partial charge in [-0.05, 0) is 35.7 Å². The zero-order valence-electron chi connectivity index (χ0n) is 16.3. The maximum Gasteiger partial charge on any atom is 0.230 e. The van der Waals surface area contributed by atoms with Gasteiger partial charge in [0.25, 0.3) is 0 Å². The van der Waals surface area contributed by atoms with E-state index in [1.807, 2.05) is 30.3 Å². The van der Waals surface area contributed by atoms with Crippen LogP contribution in [0.4, 0.5) is 0 Å². The lowest BCUT2D eigenvalue weighted by Gasteiger charge is -2.22. The van der Waals surface area contributed by atoms with E-state index in [0.717, 1.165) is 5.56 Å². The molecule has 0 fully saturated rings.